The predicted octanol–water partition coefficient (Wildman–Crippen LogP) is 19.4. The second-order valence-corrected chi connectivity index (χ2v) is 18.0. The third-order valence-corrected chi connectivity index (χ3v) is 12.9. The number of allylic oxidation sites excluding steroid dienone is 5. The maximum Gasteiger partial charge on any atom is 0.00869 e. The Hall–Kier alpha value is -7.02. The molecule has 1 aliphatic rings. The van der Waals surface area contributed by atoms with Crippen molar-refractivity contribution in [2.75, 3.05) is 0 Å². The molecule has 0 N–H and O–H groups in total. The quantitative estimate of drug-likeness (QED) is 0.135. The van der Waals surface area contributed by atoms with E-state index in [-0.39, 0.29) is 0 Å². The largest absolute Gasteiger partial charge is 0.0758 e. The van der Waals surface area contributed by atoms with Crippen LogP contribution in [0.2, 0.25) is 0 Å². The first-order chi connectivity index (χ1) is 33.1. The van der Waals surface area contributed by atoms with E-state index in [1.54, 1.807) is 0 Å². The molecule has 9 rings (SSSR count). The minimum Gasteiger partial charge on any atom is -0.0758 e. The molecule has 0 amide bonds. The summed E-state index contributed by atoms with van der Waals surface area (Å²) in [6, 6.07) is 73.7. The molecule has 0 aromatic heterocycles. The molecule has 0 fully saturated rings. The van der Waals surface area contributed by atoms with Crippen molar-refractivity contribution in [1.82, 2.24) is 0 Å². The summed E-state index contributed by atoms with van der Waals surface area (Å²) in [5, 5.41) is 0. The molecular weight excluding hydrogens is 817 g/mol. The van der Waals surface area contributed by atoms with E-state index in [0.29, 0.717) is 17.8 Å². The van der Waals surface area contributed by atoms with E-state index in [1.807, 2.05) is 32.0 Å². The Labute approximate surface area is 410 Å². The Morgan fingerprint density at radius 1 is 0.500 bits per heavy atom. The van der Waals surface area contributed by atoms with E-state index >= 15 is 0 Å². The van der Waals surface area contributed by atoms with Gasteiger partial charge in [-0.15, -0.1) is 0 Å². The van der Waals surface area contributed by atoms with Crippen LogP contribution in [-0.2, 0) is 6.42 Å². The molecule has 0 saturated heterocycles. The van der Waals surface area contributed by atoms with Gasteiger partial charge in [0.05, 0.1) is 0 Å². The van der Waals surface area contributed by atoms with Gasteiger partial charge in [0.15, 0.2) is 0 Å². The van der Waals surface area contributed by atoms with Gasteiger partial charge in [-0.3, -0.25) is 0 Å². The highest BCUT2D eigenvalue weighted by Crippen LogP contribution is 2.41. The summed E-state index contributed by atoms with van der Waals surface area (Å²) in [6.45, 7) is 21.9. The third-order valence-electron chi connectivity index (χ3n) is 12.9. The van der Waals surface area contributed by atoms with Gasteiger partial charge in [0.25, 0.3) is 0 Å². The van der Waals surface area contributed by atoms with Gasteiger partial charge < -0.3 is 0 Å². The second kappa shape index (κ2) is 25.2. The molecule has 0 nitrogen and oxygen atoms in total. The lowest BCUT2D eigenvalue weighted by atomic mass is 9.74. The summed E-state index contributed by atoms with van der Waals surface area (Å²) in [6.07, 6.45) is 8.23. The zero-order chi connectivity index (χ0) is 48.4. The van der Waals surface area contributed by atoms with Crippen LogP contribution in [0.25, 0.3) is 44.5 Å². The minimum atomic E-state index is 0.443. The van der Waals surface area contributed by atoms with E-state index in [9.17, 15) is 0 Å². The van der Waals surface area contributed by atoms with Gasteiger partial charge in [-0.25, -0.2) is 0 Å². The Balaban J connectivity index is 0.000000202. The molecule has 68 heavy (non-hydrogen) atoms. The fourth-order valence-electron chi connectivity index (χ4n) is 9.10. The molecule has 0 bridgehead atoms. The van der Waals surface area contributed by atoms with Crippen LogP contribution in [0.1, 0.15) is 98.9 Å². The number of rotatable bonds is 9. The van der Waals surface area contributed by atoms with Gasteiger partial charge in [-0.2, -0.15) is 0 Å². The molecular formula is C68H72. The first kappa shape index (κ1) is 50.4. The maximum atomic E-state index is 2.40. The van der Waals surface area contributed by atoms with Gasteiger partial charge in [0.1, 0.15) is 0 Å². The summed E-state index contributed by atoms with van der Waals surface area (Å²) in [5.74, 6) is 1.45. The number of hydrogen-bond donors (Lipinski definition) is 0. The molecule has 2 atom stereocenters. The average Bonchev–Trinajstić information content (AvgIpc) is 3.38. The number of benzene rings is 8. The maximum absolute atomic E-state index is 2.40. The van der Waals surface area contributed by atoms with E-state index in [0.717, 1.165) is 6.42 Å². The van der Waals surface area contributed by atoms with Crippen molar-refractivity contribution in [3.8, 4) is 33.4 Å². The molecule has 0 saturated carbocycles. The average molecular weight is 889 g/mol. The molecule has 0 aliphatic heterocycles. The van der Waals surface area contributed by atoms with Crippen LogP contribution in [0.15, 0.2) is 230 Å². The standard InChI is InChI=1S/C36H32.C23H26.C7H8.C2H6/c1-26(2)22-36(35-21-20-33(23-27(35)3)29-14-8-5-9-15-29)34-19-11-18-32(25-34)31-17-10-16-30(24-31)28-12-6-4-7-13-28;1-5-19-11-7-9-13-23(19)22-15-14-21(17(3)18(22)4)20-12-8-6-10-16(20)2;1-7-5-3-2-4-6-7;1-2/h4-26H,1-3H3;6-15,17,21H,5H2,1-4H3;2-6H,1H3;1-2H3/b36-22-;;;. The highest BCUT2D eigenvalue weighted by atomic mass is 14.3. The number of aryl methyl sites for hydroxylation is 4. The fourth-order valence-corrected chi connectivity index (χ4v) is 9.10. The molecule has 344 valence electrons. The van der Waals surface area contributed by atoms with Crippen LogP contribution in [-0.4, -0.2) is 0 Å². The molecule has 0 heteroatoms. The normalized spacial score (nSPS) is 14.2. The van der Waals surface area contributed by atoms with Crippen molar-refractivity contribution in [2.24, 2.45) is 11.8 Å². The molecule has 0 radical (unpaired) electrons. The van der Waals surface area contributed by atoms with Crippen molar-refractivity contribution >= 4 is 11.1 Å². The van der Waals surface area contributed by atoms with Crippen LogP contribution in [0.3, 0.4) is 0 Å². The van der Waals surface area contributed by atoms with Gasteiger partial charge in [-0.1, -0.05) is 265 Å². The van der Waals surface area contributed by atoms with Crippen molar-refractivity contribution in [1.29, 1.82) is 0 Å². The third kappa shape index (κ3) is 13.1. The summed E-state index contributed by atoms with van der Waals surface area (Å²) < 4.78 is 0. The molecule has 0 heterocycles. The van der Waals surface area contributed by atoms with Crippen LogP contribution in [0, 0.1) is 32.6 Å². The van der Waals surface area contributed by atoms with Gasteiger partial charge in [-0.05, 0) is 142 Å². The summed E-state index contributed by atoms with van der Waals surface area (Å²) in [4.78, 5) is 0. The first-order valence-electron chi connectivity index (χ1n) is 24.8. The highest BCUT2D eigenvalue weighted by Gasteiger charge is 2.25. The van der Waals surface area contributed by atoms with Gasteiger partial charge in [0.2, 0.25) is 0 Å². The Morgan fingerprint density at radius 3 is 1.59 bits per heavy atom. The van der Waals surface area contributed by atoms with Crippen LogP contribution >= 0.6 is 0 Å². The van der Waals surface area contributed by atoms with Gasteiger partial charge >= 0.3 is 0 Å². The molecule has 8 aromatic carbocycles. The minimum absolute atomic E-state index is 0.443. The van der Waals surface area contributed by atoms with Crippen molar-refractivity contribution < 1.29 is 0 Å². The fraction of sp³-hybridized carbons (Fsp3) is 0.206. The lowest BCUT2D eigenvalue weighted by molar-refractivity contribution is 0.599. The highest BCUT2D eigenvalue weighted by molar-refractivity contribution is 5.85. The van der Waals surface area contributed by atoms with E-state index < -0.39 is 0 Å². The van der Waals surface area contributed by atoms with E-state index in [4.69, 9.17) is 0 Å². The Kier molecular flexibility index (Phi) is 18.7. The zero-order valence-electron chi connectivity index (χ0n) is 42.3. The number of hydrogen-bond acceptors (Lipinski definition) is 0. The zero-order valence-corrected chi connectivity index (χ0v) is 42.3. The van der Waals surface area contributed by atoms with Gasteiger partial charge in [0, 0.05) is 5.92 Å². The predicted molar refractivity (Wildman–Crippen MR) is 299 cm³/mol. The van der Waals surface area contributed by atoms with E-state index in [1.165, 1.54) is 94.6 Å². The lowest BCUT2D eigenvalue weighted by Crippen LogP contribution is -2.15. The lowest BCUT2D eigenvalue weighted by Gasteiger charge is -2.30. The smallest absolute Gasteiger partial charge is 0.00869 e. The van der Waals surface area contributed by atoms with Crippen LogP contribution in [0.4, 0.5) is 0 Å². The molecule has 1 aliphatic carbocycles. The molecule has 2 unspecified atom stereocenters. The van der Waals surface area contributed by atoms with Crippen molar-refractivity contribution in [2.45, 2.75) is 81.6 Å². The Bertz CT molecular complexity index is 2910. The summed E-state index contributed by atoms with van der Waals surface area (Å²) in [7, 11) is 0. The topological polar surface area (TPSA) is 0 Å². The summed E-state index contributed by atoms with van der Waals surface area (Å²) in [5.41, 5.74) is 22.5. The first-order valence-corrected chi connectivity index (χ1v) is 24.8. The molecule has 0 spiro atoms. The monoisotopic (exact) mass is 889 g/mol. The van der Waals surface area contributed by atoms with Crippen LogP contribution in [0.5, 0.6) is 0 Å². The van der Waals surface area contributed by atoms with Crippen molar-refractivity contribution in [3.63, 3.8) is 0 Å². The summed E-state index contributed by atoms with van der Waals surface area (Å²) >= 11 is 0. The van der Waals surface area contributed by atoms with Crippen LogP contribution < -0.4 is 0 Å². The molecule has 8 aromatic rings. The SMILES string of the molecule is CC.CCc1ccccc1C1=C(C)C(C)C(c2ccccc2C)C=C1.Cc1cc(-c2ccccc2)ccc1/C(=C\C(C)C)c1cccc(-c2cccc(-c3ccccc3)c2)c1.Cc1ccccc1. The Morgan fingerprint density at radius 2 is 1.01 bits per heavy atom. The van der Waals surface area contributed by atoms with E-state index in [2.05, 4.69) is 262 Å². The van der Waals surface area contributed by atoms with Crippen molar-refractivity contribution in [3.05, 3.63) is 275 Å². The second-order valence-electron chi connectivity index (χ2n) is 18.0.